The van der Waals surface area contributed by atoms with E-state index in [0.29, 0.717) is 25.2 Å². The van der Waals surface area contributed by atoms with Crippen LogP contribution in [0, 0.1) is 11.6 Å². The van der Waals surface area contributed by atoms with Crippen molar-refractivity contribution in [3.05, 3.63) is 65.2 Å². The Balaban J connectivity index is 1.84. The highest BCUT2D eigenvalue weighted by Crippen LogP contribution is 2.26. The second-order valence-electron chi connectivity index (χ2n) is 5.42. The molecule has 0 fully saturated rings. The Morgan fingerprint density at radius 2 is 1.95 bits per heavy atom. The largest absolute Gasteiger partial charge is 0.489 e. The van der Waals surface area contributed by atoms with Gasteiger partial charge in [0, 0.05) is 30.8 Å². The Morgan fingerprint density at radius 3 is 2.81 bits per heavy atom. The Bertz CT molecular complexity index is 644. The van der Waals surface area contributed by atoms with Crippen molar-refractivity contribution in [2.24, 2.45) is 0 Å². The van der Waals surface area contributed by atoms with E-state index in [-0.39, 0.29) is 6.10 Å². The number of nitrogens with zero attached hydrogens (tertiary/aromatic N) is 1. The molecule has 0 amide bonds. The highest BCUT2D eigenvalue weighted by atomic mass is 19.2. The molecule has 0 aliphatic carbocycles. The Morgan fingerprint density at radius 1 is 1.14 bits per heavy atom. The molecule has 3 rings (SSSR count). The van der Waals surface area contributed by atoms with Gasteiger partial charge in [0.1, 0.15) is 11.9 Å². The van der Waals surface area contributed by atoms with Crippen LogP contribution < -0.4 is 4.74 Å². The van der Waals surface area contributed by atoms with Gasteiger partial charge in [0.25, 0.3) is 0 Å². The average molecular weight is 289 g/mol. The van der Waals surface area contributed by atoms with E-state index < -0.39 is 11.6 Å². The molecular weight excluding hydrogens is 272 g/mol. The van der Waals surface area contributed by atoms with Crippen LogP contribution in [0.1, 0.15) is 18.1 Å². The van der Waals surface area contributed by atoms with Crippen LogP contribution in [0.2, 0.25) is 0 Å². The zero-order chi connectivity index (χ0) is 14.8. The lowest BCUT2D eigenvalue weighted by Gasteiger charge is -2.22. The second kappa shape index (κ2) is 5.82. The quantitative estimate of drug-likeness (QED) is 0.835. The summed E-state index contributed by atoms with van der Waals surface area (Å²) in [4.78, 5) is 2.08. The summed E-state index contributed by atoms with van der Waals surface area (Å²) in [7, 11) is 0. The molecule has 1 heterocycles. The Hall–Kier alpha value is -1.94. The molecule has 0 N–H and O–H groups in total. The maximum absolute atomic E-state index is 13.8. The number of halogens is 2. The van der Waals surface area contributed by atoms with Gasteiger partial charge in [0.15, 0.2) is 11.6 Å². The van der Waals surface area contributed by atoms with Gasteiger partial charge in [-0.25, -0.2) is 8.78 Å². The van der Waals surface area contributed by atoms with Crippen LogP contribution in [-0.2, 0) is 13.1 Å². The molecule has 0 radical (unpaired) electrons. The third-order valence-corrected chi connectivity index (χ3v) is 3.64. The van der Waals surface area contributed by atoms with Crippen LogP contribution in [-0.4, -0.2) is 17.5 Å². The van der Waals surface area contributed by atoms with Crippen molar-refractivity contribution in [2.75, 3.05) is 6.54 Å². The minimum atomic E-state index is -0.799. The molecule has 0 unspecified atom stereocenters. The van der Waals surface area contributed by atoms with Gasteiger partial charge in [0.2, 0.25) is 0 Å². The van der Waals surface area contributed by atoms with Crippen molar-refractivity contribution in [1.82, 2.24) is 4.90 Å². The molecule has 0 saturated carbocycles. The summed E-state index contributed by atoms with van der Waals surface area (Å²) in [6, 6.07) is 12.1. The lowest BCUT2D eigenvalue weighted by atomic mass is 10.1. The van der Waals surface area contributed by atoms with Crippen LogP contribution in [0.4, 0.5) is 8.78 Å². The number of ether oxygens (including phenoxy) is 1. The van der Waals surface area contributed by atoms with Gasteiger partial charge in [-0.15, -0.1) is 0 Å². The Kier molecular flexibility index (Phi) is 3.88. The van der Waals surface area contributed by atoms with Crippen LogP contribution in [0.5, 0.6) is 5.75 Å². The van der Waals surface area contributed by atoms with Crippen LogP contribution in [0.15, 0.2) is 42.5 Å². The van der Waals surface area contributed by atoms with E-state index in [2.05, 4.69) is 4.90 Å². The van der Waals surface area contributed by atoms with Crippen LogP contribution in [0.3, 0.4) is 0 Å². The van der Waals surface area contributed by atoms with Gasteiger partial charge in [-0.05, 0) is 19.1 Å². The highest BCUT2D eigenvalue weighted by Gasteiger charge is 2.21. The van der Waals surface area contributed by atoms with E-state index in [0.717, 1.165) is 17.4 Å². The zero-order valence-electron chi connectivity index (χ0n) is 11.9. The summed E-state index contributed by atoms with van der Waals surface area (Å²) >= 11 is 0. The maximum Gasteiger partial charge on any atom is 0.163 e. The van der Waals surface area contributed by atoms with Crippen LogP contribution in [0.25, 0.3) is 0 Å². The number of hydrogen-bond acceptors (Lipinski definition) is 2. The molecule has 0 spiro atoms. The number of fused-ring (bicyclic) bond motifs is 1. The van der Waals surface area contributed by atoms with Crippen molar-refractivity contribution < 1.29 is 13.5 Å². The van der Waals surface area contributed by atoms with Gasteiger partial charge >= 0.3 is 0 Å². The van der Waals surface area contributed by atoms with Crippen molar-refractivity contribution in [3.63, 3.8) is 0 Å². The molecule has 2 aromatic rings. The van der Waals surface area contributed by atoms with E-state index in [1.807, 2.05) is 31.2 Å². The standard InChI is InChI=1S/C17H17F2NO/c1-12-9-20(10-13-5-2-3-8-16(13)21-12)11-14-6-4-7-15(18)17(14)19/h2-8,12H,9-11H2,1H3/t12-/m0/s1. The maximum atomic E-state index is 13.8. The van der Waals surface area contributed by atoms with Crippen molar-refractivity contribution in [3.8, 4) is 5.75 Å². The summed E-state index contributed by atoms with van der Waals surface area (Å²) in [5, 5.41) is 0. The normalized spacial score (nSPS) is 18.7. The van der Waals surface area contributed by atoms with Gasteiger partial charge < -0.3 is 4.74 Å². The minimum Gasteiger partial charge on any atom is -0.489 e. The monoisotopic (exact) mass is 289 g/mol. The van der Waals surface area contributed by atoms with E-state index in [1.54, 1.807) is 12.1 Å². The fourth-order valence-electron chi connectivity index (χ4n) is 2.70. The first-order valence-electron chi connectivity index (χ1n) is 7.03. The Labute approximate surface area is 123 Å². The zero-order valence-corrected chi connectivity index (χ0v) is 11.9. The molecule has 1 aliphatic heterocycles. The summed E-state index contributed by atoms with van der Waals surface area (Å²) in [5.74, 6) is -0.692. The second-order valence-corrected chi connectivity index (χ2v) is 5.42. The molecular formula is C17H17F2NO. The SMILES string of the molecule is C[C@H]1CN(Cc2cccc(F)c2F)Cc2ccccc2O1. The number of benzene rings is 2. The summed E-state index contributed by atoms with van der Waals surface area (Å²) in [5.41, 5.74) is 1.44. The number of rotatable bonds is 2. The molecule has 1 aliphatic rings. The average Bonchev–Trinajstić information content (AvgIpc) is 2.61. The molecule has 110 valence electrons. The van der Waals surface area contributed by atoms with E-state index in [4.69, 9.17) is 4.74 Å². The first-order valence-corrected chi connectivity index (χ1v) is 7.03. The fourth-order valence-corrected chi connectivity index (χ4v) is 2.70. The first kappa shape index (κ1) is 14.0. The predicted octanol–water partition coefficient (Wildman–Crippen LogP) is 3.75. The van der Waals surface area contributed by atoms with Crippen molar-refractivity contribution in [1.29, 1.82) is 0 Å². The molecule has 21 heavy (non-hydrogen) atoms. The molecule has 4 heteroatoms. The molecule has 1 atom stereocenters. The topological polar surface area (TPSA) is 12.5 Å². The van der Waals surface area contributed by atoms with Crippen molar-refractivity contribution in [2.45, 2.75) is 26.1 Å². The summed E-state index contributed by atoms with van der Waals surface area (Å²) in [6.07, 6.45) is 0.00488. The molecule has 2 nitrogen and oxygen atoms in total. The lowest BCUT2D eigenvalue weighted by Crippen LogP contribution is -2.30. The number of para-hydroxylation sites is 1. The predicted molar refractivity (Wildman–Crippen MR) is 77.0 cm³/mol. The summed E-state index contributed by atoms with van der Waals surface area (Å²) in [6.45, 7) is 3.68. The summed E-state index contributed by atoms with van der Waals surface area (Å²) < 4.78 is 33.0. The van der Waals surface area contributed by atoms with Gasteiger partial charge in [-0.2, -0.15) is 0 Å². The highest BCUT2D eigenvalue weighted by molar-refractivity contribution is 5.34. The van der Waals surface area contributed by atoms with Gasteiger partial charge in [-0.1, -0.05) is 30.3 Å². The first-order chi connectivity index (χ1) is 10.1. The van der Waals surface area contributed by atoms with E-state index in [1.165, 1.54) is 0 Å². The molecule has 2 aromatic carbocycles. The van der Waals surface area contributed by atoms with Gasteiger partial charge in [0.05, 0.1) is 0 Å². The van der Waals surface area contributed by atoms with Crippen LogP contribution >= 0.6 is 0 Å². The number of hydrogen-bond donors (Lipinski definition) is 0. The van der Waals surface area contributed by atoms with Gasteiger partial charge in [-0.3, -0.25) is 4.90 Å². The molecule has 0 saturated heterocycles. The lowest BCUT2D eigenvalue weighted by molar-refractivity contribution is 0.155. The molecule has 0 aromatic heterocycles. The third-order valence-electron chi connectivity index (χ3n) is 3.64. The minimum absolute atomic E-state index is 0.00488. The van der Waals surface area contributed by atoms with E-state index in [9.17, 15) is 8.78 Å². The third kappa shape index (κ3) is 3.05. The van der Waals surface area contributed by atoms with Crippen molar-refractivity contribution >= 4 is 0 Å². The molecule has 0 bridgehead atoms. The fraction of sp³-hybridized carbons (Fsp3) is 0.294. The van der Waals surface area contributed by atoms with E-state index >= 15 is 0 Å². The smallest absolute Gasteiger partial charge is 0.163 e.